The van der Waals surface area contributed by atoms with Crippen molar-refractivity contribution < 1.29 is 9.47 Å². The maximum atomic E-state index is 6.15. The Morgan fingerprint density at radius 2 is 1.96 bits per heavy atom. The van der Waals surface area contributed by atoms with Gasteiger partial charge in [-0.2, -0.15) is 5.10 Å². The Morgan fingerprint density at radius 3 is 2.63 bits per heavy atom. The van der Waals surface area contributed by atoms with Crippen molar-refractivity contribution in [1.82, 2.24) is 20.2 Å². The van der Waals surface area contributed by atoms with Crippen LogP contribution in [0.4, 0.5) is 5.82 Å². The van der Waals surface area contributed by atoms with Crippen LogP contribution in [-0.4, -0.2) is 51.6 Å². The number of hydrogen-bond acceptors (Lipinski definition) is 6. The first kappa shape index (κ1) is 17.7. The largest absolute Gasteiger partial charge is 0.490 e. The van der Waals surface area contributed by atoms with Gasteiger partial charge < -0.3 is 14.4 Å². The lowest BCUT2D eigenvalue weighted by molar-refractivity contribution is 0.0752. The molecule has 0 spiro atoms. The van der Waals surface area contributed by atoms with Gasteiger partial charge >= 0.3 is 0 Å². The van der Waals surface area contributed by atoms with Crippen molar-refractivity contribution in [3.05, 3.63) is 30.6 Å². The van der Waals surface area contributed by atoms with E-state index in [-0.39, 0.29) is 18.2 Å². The van der Waals surface area contributed by atoms with Crippen molar-refractivity contribution in [3.63, 3.8) is 0 Å². The van der Waals surface area contributed by atoms with Gasteiger partial charge in [-0.15, -0.1) is 0 Å². The minimum Gasteiger partial charge on any atom is -0.490 e. The van der Waals surface area contributed by atoms with Gasteiger partial charge in [0.1, 0.15) is 22.8 Å². The quantitative estimate of drug-likeness (QED) is 0.761. The number of H-pyrrole nitrogens is 1. The van der Waals surface area contributed by atoms with Crippen molar-refractivity contribution in [3.8, 4) is 17.1 Å². The number of fused-ring (bicyclic) bond motifs is 1. The third kappa shape index (κ3) is 3.35. The number of aromatic amines is 1. The smallest absolute Gasteiger partial charge is 0.133 e. The molecule has 1 aliphatic rings. The van der Waals surface area contributed by atoms with Crippen LogP contribution in [0.2, 0.25) is 0 Å². The molecule has 1 aliphatic heterocycles. The zero-order chi connectivity index (χ0) is 19.0. The molecule has 0 saturated carbocycles. The van der Waals surface area contributed by atoms with Crippen LogP contribution < -0.4 is 9.64 Å². The second kappa shape index (κ2) is 7.15. The molecule has 0 bridgehead atoms. The van der Waals surface area contributed by atoms with Crippen LogP contribution in [0.25, 0.3) is 22.3 Å². The van der Waals surface area contributed by atoms with Crippen LogP contribution in [0, 0.1) is 0 Å². The molecule has 7 heteroatoms. The summed E-state index contributed by atoms with van der Waals surface area (Å²) < 4.78 is 11.8. The van der Waals surface area contributed by atoms with Gasteiger partial charge in [-0.25, -0.2) is 4.98 Å². The van der Waals surface area contributed by atoms with E-state index in [9.17, 15) is 0 Å². The Bertz CT molecular complexity index is 916. The van der Waals surface area contributed by atoms with Gasteiger partial charge in [0.25, 0.3) is 0 Å². The zero-order valence-corrected chi connectivity index (χ0v) is 16.1. The molecule has 3 aromatic heterocycles. The average molecular weight is 367 g/mol. The predicted molar refractivity (Wildman–Crippen MR) is 105 cm³/mol. The van der Waals surface area contributed by atoms with Crippen LogP contribution in [0.5, 0.6) is 5.75 Å². The fraction of sp³-hybridized carbons (Fsp3) is 0.450. The molecular formula is C20H25N5O2. The molecule has 4 heterocycles. The van der Waals surface area contributed by atoms with Crippen LogP contribution >= 0.6 is 0 Å². The SMILES string of the molecule is CC(C)Oc1cc(N2C(C)COCC2C)nc2c(-c3ccn[nH]3)nccc12. The predicted octanol–water partition coefficient (Wildman–Crippen LogP) is 3.42. The molecule has 3 aromatic rings. The number of morpholine rings is 1. The summed E-state index contributed by atoms with van der Waals surface area (Å²) in [6.45, 7) is 9.74. The van der Waals surface area contributed by atoms with Crippen LogP contribution in [0.15, 0.2) is 30.6 Å². The standard InChI is InChI=1S/C20H25N5O2/c1-12(2)27-17-9-18(25-13(3)10-26-11-14(25)4)23-19-15(17)5-7-21-20(19)16-6-8-22-24-16/h5-9,12-14H,10-11H2,1-4H3,(H,22,24). The highest BCUT2D eigenvalue weighted by Gasteiger charge is 2.28. The highest BCUT2D eigenvalue weighted by Crippen LogP contribution is 2.35. The first-order chi connectivity index (χ1) is 13.0. The Kier molecular flexibility index (Phi) is 4.70. The third-order valence-corrected chi connectivity index (χ3v) is 4.73. The molecule has 2 unspecified atom stereocenters. The van der Waals surface area contributed by atoms with E-state index in [2.05, 4.69) is 33.9 Å². The molecule has 1 N–H and O–H groups in total. The van der Waals surface area contributed by atoms with Crippen molar-refractivity contribution in [1.29, 1.82) is 0 Å². The zero-order valence-electron chi connectivity index (χ0n) is 16.1. The topological polar surface area (TPSA) is 76.2 Å². The van der Waals surface area contributed by atoms with Gasteiger partial charge in [0, 0.05) is 23.8 Å². The summed E-state index contributed by atoms with van der Waals surface area (Å²) >= 11 is 0. The highest BCUT2D eigenvalue weighted by molar-refractivity contribution is 5.95. The second-order valence-electron chi connectivity index (χ2n) is 7.31. The number of hydrogen-bond donors (Lipinski definition) is 1. The van der Waals surface area contributed by atoms with E-state index in [1.807, 2.05) is 32.0 Å². The van der Waals surface area contributed by atoms with Crippen LogP contribution in [0.1, 0.15) is 27.7 Å². The number of pyridine rings is 2. The summed E-state index contributed by atoms with van der Waals surface area (Å²) in [5.41, 5.74) is 2.42. The van der Waals surface area contributed by atoms with Crippen molar-refractivity contribution in [2.24, 2.45) is 0 Å². The van der Waals surface area contributed by atoms with Crippen LogP contribution in [-0.2, 0) is 4.74 Å². The molecule has 0 aromatic carbocycles. The number of nitrogens with zero attached hydrogens (tertiary/aromatic N) is 4. The summed E-state index contributed by atoms with van der Waals surface area (Å²) in [6, 6.07) is 6.36. The van der Waals surface area contributed by atoms with E-state index in [1.54, 1.807) is 12.4 Å². The van der Waals surface area contributed by atoms with Crippen LogP contribution in [0.3, 0.4) is 0 Å². The monoisotopic (exact) mass is 367 g/mol. The number of ether oxygens (including phenoxy) is 2. The lowest BCUT2D eigenvalue weighted by Crippen LogP contribution is -2.50. The Labute approximate surface area is 158 Å². The van der Waals surface area contributed by atoms with E-state index in [1.165, 1.54) is 0 Å². The number of nitrogens with one attached hydrogen (secondary N) is 1. The van der Waals surface area contributed by atoms with E-state index < -0.39 is 0 Å². The van der Waals surface area contributed by atoms with Gasteiger partial charge in [0.05, 0.1) is 37.1 Å². The maximum Gasteiger partial charge on any atom is 0.133 e. The number of aromatic nitrogens is 4. The summed E-state index contributed by atoms with van der Waals surface area (Å²) in [6.07, 6.45) is 3.57. The average Bonchev–Trinajstić information content (AvgIpc) is 3.15. The molecule has 27 heavy (non-hydrogen) atoms. The van der Waals surface area contributed by atoms with Crippen molar-refractivity contribution in [2.45, 2.75) is 45.9 Å². The molecule has 1 fully saturated rings. The van der Waals surface area contributed by atoms with E-state index in [4.69, 9.17) is 14.5 Å². The molecule has 1 saturated heterocycles. The fourth-order valence-electron chi connectivity index (χ4n) is 3.63. The molecule has 2 atom stereocenters. The third-order valence-electron chi connectivity index (χ3n) is 4.73. The Balaban J connectivity index is 1.93. The van der Waals surface area contributed by atoms with Crippen molar-refractivity contribution in [2.75, 3.05) is 18.1 Å². The summed E-state index contributed by atoms with van der Waals surface area (Å²) in [7, 11) is 0. The van der Waals surface area contributed by atoms with Gasteiger partial charge in [0.2, 0.25) is 0 Å². The van der Waals surface area contributed by atoms with E-state index >= 15 is 0 Å². The normalized spacial score (nSPS) is 20.4. The fourth-order valence-corrected chi connectivity index (χ4v) is 3.63. The Morgan fingerprint density at radius 1 is 1.19 bits per heavy atom. The molecule has 0 radical (unpaired) electrons. The van der Waals surface area contributed by atoms with Crippen molar-refractivity contribution >= 4 is 16.7 Å². The van der Waals surface area contributed by atoms with Gasteiger partial charge in [-0.05, 0) is 39.8 Å². The molecular weight excluding hydrogens is 342 g/mol. The molecule has 0 aliphatic carbocycles. The molecule has 4 rings (SSSR count). The summed E-state index contributed by atoms with van der Waals surface area (Å²) in [4.78, 5) is 11.9. The number of anilines is 1. The molecule has 142 valence electrons. The number of rotatable bonds is 4. The minimum atomic E-state index is 0.0618. The van der Waals surface area contributed by atoms with Gasteiger partial charge in [-0.3, -0.25) is 10.1 Å². The minimum absolute atomic E-state index is 0.0618. The lowest BCUT2D eigenvalue weighted by atomic mass is 10.1. The first-order valence-electron chi connectivity index (χ1n) is 9.37. The highest BCUT2D eigenvalue weighted by atomic mass is 16.5. The van der Waals surface area contributed by atoms with Gasteiger partial charge in [0.15, 0.2) is 0 Å². The molecule has 0 amide bonds. The summed E-state index contributed by atoms with van der Waals surface area (Å²) in [5, 5.41) is 8.00. The van der Waals surface area contributed by atoms with Gasteiger partial charge in [-0.1, -0.05) is 0 Å². The van der Waals surface area contributed by atoms with E-state index in [0.717, 1.165) is 33.9 Å². The lowest BCUT2D eigenvalue weighted by Gasteiger charge is -2.40. The Hall–Kier alpha value is -2.67. The first-order valence-corrected chi connectivity index (χ1v) is 9.37. The van der Waals surface area contributed by atoms with E-state index in [0.29, 0.717) is 13.2 Å². The second-order valence-corrected chi connectivity index (χ2v) is 7.31. The maximum absolute atomic E-state index is 6.15. The molecule has 7 nitrogen and oxygen atoms in total. The summed E-state index contributed by atoms with van der Waals surface area (Å²) in [5.74, 6) is 1.70.